The second-order valence-corrected chi connectivity index (χ2v) is 3.85. The van der Waals surface area contributed by atoms with Crippen molar-refractivity contribution in [2.24, 2.45) is 5.73 Å². The molecule has 3 N–H and O–H groups in total. The van der Waals surface area contributed by atoms with E-state index in [1.54, 1.807) is 0 Å². The van der Waals surface area contributed by atoms with E-state index in [0.29, 0.717) is 0 Å². The molecule has 0 amide bonds. The number of nitrogens with two attached hydrogens (primary N) is 1. The number of para-hydroxylation sites is 1. The van der Waals surface area contributed by atoms with Gasteiger partial charge in [0.15, 0.2) is 0 Å². The molecule has 74 valence electrons. The lowest BCUT2D eigenvalue weighted by atomic mass is 10.1. The first-order valence-electron chi connectivity index (χ1n) is 4.86. The fourth-order valence-electron chi connectivity index (χ4n) is 1.71. The van der Waals surface area contributed by atoms with Crippen LogP contribution in [0.2, 0.25) is 0 Å². The first-order valence-corrected chi connectivity index (χ1v) is 4.86. The van der Waals surface area contributed by atoms with Crippen LogP contribution in [-0.4, -0.2) is 16.2 Å². The van der Waals surface area contributed by atoms with Gasteiger partial charge in [0.2, 0.25) is 0 Å². The van der Waals surface area contributed by atoms with Gasteiger partial charge in [-0.1, -0.05) is 18.2 Å². The number of aryl methyl sites for hydroxylation is 1. The van der Waals surface area contributed by atoms with Gasteiger partial charge in [0, 0.05) is 23.5 Å². The summed E-state index contributed by atoms with van der Waals surface area (Å²) < 4.78 is 0. The predicted octanol–water partition coefficient (Wildman–Crippen LogP) is 1.76. The Morgan fingerprint density at radius 1 is 1.50 bits per heavy atom. The van der Waals surface area contributed by atoms with Crippen LogP contribution in [0.25, 0.3) is 10.9 Å². The highest BCUT2D eigenvalue weighted by Crippen LogP contribution is 2.19. The molecule has 3 nitrogen and oxygen atoms in total. The first kappa shape index (κ1) is 9.21. The van der Waals surface area contributed by atoms with Crippen molar-refractivity contribution in [2.45, 2.75) is 26.3 Å². The van der Waals surface area contributed by atoms with Gasteiger partial charge in [0.25, 0.3) is 0 Å². The number of aromatic amines is 1. The molecule has 2 aromatic rings. The molecule has 0 spiro atoms. The van der Waals surface area contributed by atoms with Gasteiger partial charge in [-0.05, 0) is 19.4 Å². The summed E-state index contributed by atoms with van der Waals surface area (Å²) in [5, 5.41) is 8.54. The zero-order valence-corrected chi connectivity index (χ0v) is 8.54. The number of fused-ring (bicyclic) bond motifs is 1. The van der Waals surface area contributed by atoms with Gasteiger partial charge in [-0.2, -0.15) is 5.10 Å². The van der Waals surface area contributed by atoms with Crippen molar-refractivity contribution in [3.63, 3.8) is 0 Å². The second-order valence-electron chi connectivity index (χ2n) is 3.85. The van der Waals surface area contributed by atoms with E-state index in [1.807, 2.05) is 6.92 Å². The average molecular weight is 189 g/mol. The molecule has 0 aliphatic carbocycles. The molecule has 14 heavy (non-hydrogen) atoms. The van der Waals surface area contributed by atoms with Crippen molar-refractivity contribution in [1.29, 1.82) is 0 Å². The van der Waals surface area contributed by atoms with E-state index in [-0.39, 0.29) is 6.04 Å². The minimum Gasteiger partial charge on any atom is -0.328 e. The van der Waals surface area contributed by atoms with Crippen molar-refractivity contribution >= 4 is 10.9 Å². The van der Waals surface area contributed by atoms with Gasteiger partial charge in [0.1, 0.15) is 0 Å². The Balaban J connectivity index is 2.52. The van der Waals surface area contributed by atoms with E-state index >= 15 is 0 Å². The molecule has 0 saturated heterocycles. The summed E-state index contributed by atoms with van der Waals surface area (Å²) in [5.74, 6) is 0. The predicted molar refractivity (Wildman–Crippen MR) is 58.2 cm³/mol. The van der Waals surface area contributed by atoms with Crippen LogP contribution in [0.15, 0.2) is 18.2 Å². The van der Waals surface area contributed by atoms with Gasteiger partial charge >= 0.3 is 0 Å². The summed E-state index contributed by atoms with van der Waals surface area (Å²) in [4.78, 5) is 0. The van der Waals surface area contributed by atoms with Crippen molar-refractivity contribution in [3.8, 4) is 0 Å². The number of hydrogen-bond acceptors (Lipinski definition) is 2. The molecular weight excluding hydrogens is 174 g/mol. The second kappa shape index (κ2) is 3.42. The average Bonchev–Trinajstić information content (AvgIpc) is 2.49. The van der Waals surface area contributed by atoms with E-state index in [0.717, 1.165) is 17.6 Å². The zero-order valence-electron chi connectivity index (χ0n) is 8.54. The molecular formula is C11H15N3. The van der Waals surface area contributed by atoms with Crippen LogP contribution in [0.5, 0.6) is 0 Å². The topological polar surface area (TPSA) is 54.7 Å². The van der Waals surface area contributed by atoms with Crippen LogP contribution < -0.4 is 5.73 Å². The lowest BCUT2D eigenvalue weighted by Gasteiger charge is -2.02. The Hall–Kier alpha value is -1.35. The summed E-state index contributed by atoms with van der Waals surface area (Å²) in [7, 11) is 0. The van der Waals surface area contributed by atoms with Crippen LogP contribution in [0, 0.1) is 6.92 Å². The number of rotatable bonds is 2. The third kappa shape index (κ3) is 1.51. The first-order chi connectivity index (χ1) is 6.68. The lowest BCUT2D eigenvalue weighted by Crippen LogP contribution is -2.18. The zero-order chi connectivity index (χ0) is 10.1. The Bertz CT molecular complexity index is 443. The van der Waals surface area contributed by atoms with Crippen LogP contribution in [-0.2, 0) is 6.42 Å². The van der Waals surface area contributed by atoms with E-state index in [2.05, 4.69) is 35.3 Å². The quantitative estimate of drug-likeness (QED) is 0.756. The fourth-order valence-corrected chi connectivity index (χ4v) is 1.71. The molecule has 2 rings (SSSR count). The number of nitrogens with one attached hydrogen (secondary N) is 1. The minimum atomic E-state index is 0.166. The summed E-state index contributed by atoms with van der Waals surface area (Å²) >= 11 is 0. The normalized spacial score (nSPS) is 13.4. The summed E-state index contributed by atoms with van der Waals surface area (Å²) in [6, 6.07) is 6.37. The third-order valence-electron chi connectivity index (χ3n) is 2.39. The largest absolute Gasteiger partial charge is 0.328 e. The Morgan fingerprint density at radius 2 is 2.29 bits per heavy atom. The van der Waals surface area contributed by atoms with Crippen molar-refractivity contribution in [1.82, 2.24) is 10.2 Å². The number of benzene rings is 1. The summed E-state index contributed by atoms with van der Waals surface area (Å²) in [6.45, 7) is 4.07. The maximum absolute atomic E-state index is 5.76. The molecule has 0 aliphatic heterocycles. The molecule has 0 bridgehead atoms. The molecule has 0 aliphatic rings. The number of aromatic nitrogens is 2. The Labute approximate surface area is 83.3 Å². The van der Waals surface area contributed by atoms with Crippen LogP contribution in [0.4, 0.5) is 0 Å². The maximum Gasteiger partial charge on any atom is 0.0952 e. The SMILES string of the molecule is Cc1cccc2c(CC(C)N)[nH]nc12. The molecule has 1 heterocycles. The molecule has 1 aromatic carbocycles. The van der Waals surface area contributed by atoms with Gasteiger partial charge in [-0.3, -0.25) is 5.10 Å². The maximum atomic E-state index is 5.76. The van der Waals surface area contributed by atoms with Crippen LogP contribution in [0.3, 0.4) is 0 Å². The molecule has 0 saturated carbocycles. The van der Waals surface area contributed by atoms with E-state index in [1.165, 1.54) is 10.9 Å². The van der Waals surface area contributed by atoms with Crippen molar-refractivity contribution in [2.75, 3.05) is 0 Å². The highest BCUT2D eigenvalue weighted by atomic mass is 15.1. The third-order valence-corrected chi connectivity index (χ3v) is 2.39. The number of hydrogen-bond donors (Lipinski definition) is 2. The Kier molecular flexibility index (Phi) is 2.25. The number of H-pyrrole nitrogens is 1. The van der Waals surface area contributed by atoms with Crippen molar-refractivity contribution < 1.29 is 0 Å². The van der Waals surface area contributed by atoms with Gasteiger partial charge in [-0.15, -0.1) is 0 Å². The van der Waals surface area contributed by atoms with E-state index in [4.69, 9.17) is 5.73 Å². The molecule has 0 fully saturated rings. The molecule has 1 atom stereocenters. The Morgan fingerprint density at radius 3 is 3.00 bits per heavy atom. The van der Waals surface area contributed by atoms with Crippen molar-refractivity contribution in [3.05, 3.63) is 29.5 Å². The van der Waals surface area contributed by atoms with Gasteiger partial charge in [0.05, 0.1) is 5.52 Å². The van der Waals surface area contributed by atoms with E-state index in [9.17, 15) is 0 Å². The fraction of sp³-hybridized carbons (Fsp3) is 0.364. The monoisotopic (exact) mass is 189 g/mol. The van der Waals surface area contributed by atoms with Crippen LogP contribution in [0.1, 0.15) is 18.2 Å². The lowest BCUT2D eigenvalue weighted by molar-refractivity contribution is 0.722. The van der Waals surface area contributed by atoms with Crippen LogP contribution >= 0.6 is 0 Å². The van der Waals surface area contributed by atoms with Gasteiger partial charge < -0.3 is 5.73 Å². The molecule has 1 aromatic heterocycles. The summed E-state index contributed by atoms with van der Waals surface area (Å²) in [6.07, 6.45) is 0.847. The number of nitrogens with zero attached hydrogens (tertiary/aromatic N) is 1. The molecule has 1 unspecified atom stereocenters. The minimum absolute atomic E-state index is 0.166. The van der Waals surface area contributed by atoms with E-state index < -0.39 is 0 Å². The molecule has 3 heteroatoms. The molecule has 0 radical (unpaired) electrons. The smallest absolute Gasteiger partial charge is 0.0952 e. The highest BCUT2D eigenvalue weighted by molar-refractivity contribution is 5.84. The standard InChI is InChI=1S/C11H15N3/c1-7-4-3-5-9-10(6-8(2)12)13-14-11(7)9/h3-5,8H,6,12H2,1-2H3,(H,13,14). The van der Waals surface area contributed by atoms with Gasteiger partial charge in [-0.25, -0.2) is 0 Å². The highest BCUT2D eigenvalue weighted by Gasteiger charge is 2.07. The summed E-state index contributed by atoms with van der Waals surface area (Å²) in [5.41, 5.74) is 9.16.